The van der Waals surface area contributed by atoms with Crippen molar-refractivity contribution in [2.45, 2.75) is 64.6 Å². The third-order valence-electron chi connectivity index (χ3n) is 6.13. The number of anilines is 2. The van der Waals surface area contributed by atoms with Crippen LogP contribution in [0.3, 0.4) is 0 Å². The molecule has 2 fully saturated rings. The molecule has 1 aromatic heterocycles. The number of thiazole rings is 1. The Bertz CT molecular complexity index is 975. The molecule has 1 aromatic carbocycles. The average Bonchev–Trinajstić information content (AvgIpc) is 3.42. The predicted molar refractivity (Wildman–Crippen MR) is 122 cm³/mol. The molecule has 0 saturated carbocycles. The lowest BCUT2D eigenvalue weighted by Gasteiger charge is -2.20. The van der Waals surface area contributed by atoms with Crippen molar-refractivity contribution in [3.63, 3.8) is 0 Å². The highest BCUT2D eigenvalue weighted by atomic mass is 32.1. The van der Waals surface area contributed by atoms with Gasteiger partial charge in [0.2, 0.25) is 0 Å². The van der Waals surface area contributed by atoms with Crippen molar-refractivity contribution in [1.29, 1.82) is 0 Å². The molecule has 2 saturated heterocycles. The Morgan fingerprint density at radius 3 is 2.75 bits per heavy atom. The second-order valence-corrected chi connectivity index (χ2v) is 9.78. The number of ether oxygens (including phenoxy) is 3. The van der Waals surface area contributed by atoms with E-state index in [-0.39, 0.29) is 12.8 Å². The molecule has 2 aromatic rings. The van der Waals surface area contributed by atoms with Crippen LogP contribution in [-0.4, -0.2) is 36.2 Å². The maximum absolute atomic E-state index is 12.9. The van der Waals surface area contributed by atoms with E-state index in [9.17, 15) is 9.59 Å². The van der Waals surface area contributed by atoms with Crippen LogP contribution in [0.15, 0.2) is 29.6 Å². The number of hydrogen-bond acceptors (Lipinski definition) is 8. The zero-order valence-corrected chi connectivity index (χ0v) is 19.6. The van der Waals surface area contributed by atoms with Crippen molar-refractivity contribution >= 4 is 34.1 Å². The van der Waals surface area contributed by atoms with Crippen LogP contribution in [0.5, 0.6) is 0 Å². The molecule has 1 spiro atoms. The maximum atomic E-state index is 12.9. The van der Waals surface area contributed by atoms with E-state index in [0.717, 1.165) is 24.9 Å². The molecule has 0 unspecified atom stereocenters. The summed E-state index contributed by atoms with van der Waals surface area (Å²) in [5.74, 6) is -1.04. The highest BCUT2D eigenvalue weighted by Crippen LogP contribution is 2.52. The van der Waals surface area contributed by atoms with Gasteiger partial charge >= 0.3 is 11.9 Å². The van der Waals surface area contributed by atoms with Crippen molar-refractivity contribution in [3.05, 3.63) is 40.9 Å². The minimum Gasteiger partial charge on any atom is -0.459 e. The smallest absolute Gasteiger partial charge is 0.324 e. The fraction of sp³-hybridized carbons (Fsp3) is 0.542. The van der Waals surface area contributed by atoms with Crippen LogP contribution in [0, 0.1) is 12.3 Å². The summed E-state index contributed by atoms with van der Waals surface area (Å²) >= 11 is 1.44. The zero-order valence-electron chi connectivity index (χ0n) is 18.8. The molecule has 172 valence electrons. The Hall–Kier alpha value is -2.45. The second kappa shape index (κ2) is 9.19. The minimum absolute atomic E-state index is 0.220. The van der Waals surface area contributed by atoms with E-state index in [1.807, 2.05) is 43.5 Å². The van der Waals surface area contributed by atoms with E-state index in [1.165, 1.54) is 16.9 Å². The number of cyclic esters (lactones) is 2. The Morgan fingerprint density at radius 1 is 1.22 bits per heavy atom. The second-order valence-electron chi connectivity index (χ2n) is 8.92. The van der Waals surface area contributed by atoms with Gasteiger partial charge in [0.25, 0.3) is 0 Å². The van der Waals surface area contributed by atoms with Gasteiger partial charge in [0, 0.05) is 30.5 Å². The molecule has 3 heterocycles. The summed E-state index contributed by atoms with van der Waals surface area (Å²) in [6.45, 7) is 6.92. The largest absolute Gasteiger partial charge is 0.459 e. The van der Waals surface area contributed by atoms with Crippen LogP contribution in [0.1, 0.15) is 57.2 Å². The van der Waals surface area contributed by atoms with Crippen molar-refractivity contribution in [3.8, 4) is 0 Å². The van der Waals surface area contributed by atoms with Crippen molar-refractivity contribution in [2.24, 2.45) is 5.41 Å². The van der Waals surface area contributed by atoms with Gasteiger partial charge in [-0.25, -0.2) is 4.98 Å². The van der Waals surface area contributed by atoms with E-state index in [1.54, 1.807) is 0 Å². The highest BCUT2D eigenvalue weighted by molar-refractivity contribution is 7.13. The molecule has 4 rings (SSSR count). The zero-order chi connectivity index (χ0) is 22.8. The van der Waals surface area contributed by atoms with Crippen LogP contribution in [0.25, 0.3) is 0 Å². The van der Waals surface area contributed by atoms with Crippen LogP contribution in [0.2, 0.25) is 0 Å². The maximum Gasteiger partial charge on any atom is 0.324 e. The number of unbranched alkanes of at least 4 members (excludes halogenated alkanes) is 2. The third kappa shape index (κ3) is 4.52. The molecule has 3 atom stereocenters. The summed E-state index contributed by atoms with van der Waals surface area (Å²) in [4.78, 5) is 30.3. The number of nitrogens with one attached hydrogen (secondary N) is 1. The Kier molecular flexibility index (Phi) is 6.53. The standard InChI is InChI=1S/C24H30N2O5S/c1-4-5-6-11-29-13-18-12-24(20(27)30-18)15-23(3,31-21(24)28)19-14-32-22(26-19)25-17-9-7-16(2)8-10-17/h7-10,14,18H,4-6,11-13,15H2,1-3H3,(H,25,26)/t18-,23+,24+/m0/s1. The summed E-state index contributed by atoms with van der Waals surface area (Å²) in [6, 6.07) is 8.02. The normalized spacial score (nSPS) is 27.0. The average molecular weight is 459 g/mol. The molecule has 0 bridgehead atoms. The number of carbonyl (C=O) groups excluding carboxylic acids is 2. The summed E-state index contributed by atoms with van der Waals surface area (Å²) in [5.41, 5.74) is 0.494. The lowest BCUT2D eigenvalue weighted by molar-refractivity contribution is -0.160. The third-order valence-corrected chi connectivity index (χ3v) is 6.89. The van der Waals surface area contributed by atoms with Gasteiger partial charge in [0.15, 0.2) is 16.1 Å². The molecule has 7 nitrogen and oxygen atoms in total. The first kappa shape index (κ1) is 22.7. The first-order chi connectivity index (χ1) is 15.3. The van der Waals surface area contributed by atoms with Gasteiger partial charge in [-0.1, -0.05) is 37.5 Å². The lowest BCUT2D eigenvalue weighted by Crippen LogP contribution is -2.32. The molecule has 2 aliphatic rings. The van der Waals surface area contributed by atoms with Gasteiger partial charge in [-0.2, -0.15) is 0 Å². The number of aryl methyl sites for hydroxylation is 1. The van der Waals surface area contributed by atoms with E-state index in [0.29, 0.717) is 24.0 Å². The fourth-order valence-corrected chi connectivity index (χ4v) is 5.17. The van der Waals surface area contributed by atoms with Gasteiger partial charge in [0.1, 0.15) is 6.10 Å². The van der Waals surface area contributed by atoms with Gasteiger partial charge < -0.3 is 19.5 Å². The van der Waals surface area contributed by atoms with Gasteiger partial charge in [0.05, 0.1) is 12.3 Å². The summed E-state index contributed by atoms with van der Waals surface area (Å²) in [5, 5.41) is 5.85. The molecule has 1 N–H and O–H groups in total. The van der Waals surface area contributed by atoms with E-state index >= 15 is 0 Å². The van der Waals surface area contributed by atoms with Crippen molar-refractivity contribution in [2.75, 3.05) is 18.5 Å². The Labute approximate surface area is 192 Å². The molecular weight excluding hydrogens is 428 g/mol. The number of esters is 2. The molecule has 0 aliphatic carbocycles. The minimum atomic E-state index is -1.28. The number of rotatable bonds is 9. The summed E-state index contributed by atoms with van der Waals surface area (Å²) < 4.78 is 16.9. The molecular formula is C24H30N2O5S. The number of carbonyl (C=O) groups is 2. The Balaban J connectivity index is 1.41. The SMILES string of the molecule is CCCCCOC[C@@H]1C[C@@]2(C[C@](C)(c3csc(Nc4ccc(C)cc4)n3)OC2=O)C(=O)O1. The molecule has 2 aliphatic heterocycles. The quantitative estimate of drug-likeness (QED) is 0.326. The van der Waals surface area contributed by atoms with Crippen LogP contribution in [0.4, 0.5) is 10.8 Å². The predicted octanol–water partition coefficient (Wildman–Crippen LogP) is 4.87. The van der Waals surface area contributed by atoms with Gasteiger partial charge in [-0.05, 0) is 32.4 Å². The van der Waals surface area contributed by atoms with Crippen LogP contribution in [-0.2, 0) is 29.4 Å². The first-order valence-corrected chi connectivity index (χ1v) is 12.0. The number of nitrogens with zero attached hydrogens (tertiary/aromatic N) is 1. The lowest BCUT2D eigenvalue weighted by atomic mass is 9.78. The van der Waals surface area contributed by atoms with Crippen LogP contribution >= 0.6 is 11.3 Å². The first-order valence-electron chi connectivity index (χ1n) is 11.2. The number of benzene rings is 1. The highest BCUT2D eigenvalue weighted by Gasteiger charge is 2.65. The fourth-order valence-electron chi connectivity index (χ4n) is 4.31. The van der Waals surface area contributed by atoms with Gasteiger partial charge in [-0.3, -0.25) is 9.59 Å². The van der Waals surface area contributed by atoms with Crippen molar-refractivity contribution < 1.29 is 23.8 Å². The monoisotopic (exact) mass is 458 g/mol. The number of aromatic nitrogens is 1. The molecule has 8 heteroatoms. The Morgan fingerprint density at radius 2 is 2.00 bits per heavy atom. The van der Waals surface area contributed by atoms with E-state index < -0.39 is 29.1 Å². The van der Waals surface area contributed by atoms with Crippen molar-refractivity contribution in [1.82, 2.24) is 4.98 Å². The van der Waals surface area contributed by atoms with E-state index in [2.05, 4.69) is 17.2 Å². The van der Waals surface area contributed by atoms with E-state index in [4.69, 9.17) is 14.2 Å². The topological polar surface area (TPSA) is 86.8 Å². The molecule has 0 amide bonds. The molecule has 0 radical (unpaired) electrons. The number of hydrogen-bond donors (Lipinski definition) is 1. The summed E-state index contributed by atoms with van der Waals surface area (Å²) in [7, 11) is 0. The van der Waals surface area contributed by atoms with Crippen LogP contribution < -0.4 is 5.32 Å². The summed E-state index contributed by atoms with van der Waals surface area (Å²) in [6.07, 6.45) is 3.28. The van der Waals surface area contributed by atoms with Gasteiger partial charge in [-0.15, -0.1) is 11.3 Å². The molecule has 32 heavy (non-hydrogen) atoms.